The molecule has 2 heterocycles. The Kier molecular flexibility index (Phi) is 5.44. The van der Waals surface area contributed by atoms with Crippen molar-refractivity contribution in [3.63, 3.8) is 0 Å². The molecule has 118 valence electrons. The number of rotatable bonds is 10. The highest BCUT2D eigenvalue weighted by atomic mass is 28.4. The maximum atomic E-state index is 6.35. The molecule has 2 fully saturated rings. The highest BCUT2D eigenvalue weighted by Gasteiger charge is 2.44. The summed E-state index contributed by atoms with van der Waals surface area (Å²) in [5.74, 6) is 0. The van der Waals surface area contributed by atoms with Crippen molar-refractivity contribution in [2.45, 2.75) is 57.2 Å². The summed E-state index contributed by atoms with van der Waals surface area (Å²) >= 11 is 0. The lowest BCUT2D eigenvalue weighted by Crippen LogP contribution is -2.54. The molecule has 0 amide bonds. The molecule has 0 aliphatic carbocycles. The minimum atomic E-state index is -1.63. The average molecular weight is 321 g/mol. The quantitative estimate of drug-likeness (QED) is 0.348. The molecule has 7 heteroatoms. The van der Waals surface area contributed by atoms with Crippen LogP contribution in [0.2, 0.25) is 26.2 Å². The summed E-state index contributed by atoms with van der Waals surface area (Å²) < 4.78 is 29.1. The predicted octanol–water partition coefficient (Wildman–Crippen LogP) is 1.67. The molecule has 0 aromatic carbocycles. The van der Waals surface area contributed by atoms with E-state index in [1.54, 1.807) is 0 Å². The van der Waals surface area contributed by atoms with E-state index in [1.165, 1.54) is 0 Å². The number of hydrogen-bond donors (Lipinski definition) is 0. The predicted molar refractivity (Wildman–Crippen MR) is 81.9 cm³/mol. The zero-order valence-electron chi connectivity index (χ0n) is 13.3. The van der Waals surface area contributed by atoms with E-state index in [2.05, 4.69) is 33.1 Å². The summed E-state index contributed by atoms with van der Waals surface area (Å²) in [6.07, 6.45) is 1.30. The van der Waals surface area contributed by atoms with Gasteiger partial charge in [-0.25, -0.2) is 0 Å². The fourth-order valence-corrected chi connectivity index (χ4v) is 8.38. The van der Waals surface area contributed by atoms with Gasteiger partial charge in [-0.2, -0.15) is 0 Å². The van der Waals surface area contributed by atoms with Crippen molar-refractivity contribution in [1.82, 2.24) is 0 Å². The second-order valence-electron chi connectivity index (χ2n) is 6.57. The molecule has 0 saturated carbocycles. The van der Waals surface area contributed by atoms with Crippen LogP contribution in [0.1, 0.15) is 13.3 Å². The van der Waals surface area contributed by atoms with Gasteiger partial charge in [-0.15, -0.1) is 0 Å². The fourth-order valence-electron chi connectivity index (χ4n) is 2.18. The van der Waals surface area contributed by atoms with Gasteiger partial charge in [0.05, 0.1) is 26.4 Å². The molecular formula is C13H28O5Si2. The number of epoxide rings is 2. The van der Waals surface area contributed by atoms with Gasteiger partial charge in [-0.05, 0) is 32.6 Å². The van der Waals surface area contributed by atoms with Gasteiger partial charge in [-0.1, -0.05) is 6.92 Å². The van der Waals surface area contributed by atoms with Gasteiger partial charge in [-0.3, -0.25) is 0 Å². The molecule has 20 heavy (non-hydrogen) atoms. The van der Waals surface area contributed by atoms with Crippen LogP contribution in [0, 0.1) is 0 Å². The Bertz CT molecular complexity index is 296. The van der Waals surface area contributed by atoms with Crippen molar-refractivity contribution in [2.75, 3.05) is 26.4 Å². The maximum absolute atomic E-state index is 6.35. The summed E-state index contributed by atoms with van der Waals surface area (Å²) in [6, 6.07) is 0. The van der Waals surface area contributed by atoms with Crippen molar-refractivity contribution in [3.8, 4) is 0 Å². The van der Waals surface area contributed by atoms with Crippen LogP contribution >= 0.6 is 0 Å². The lowest BCUT2D eigenvalue weighted by Gasteiger charge is -2.39. The normalized spacial score (nSPS) is 29.9. The van der Waals surface area contributed by atoms with Crippen molar-refractivity contribution >= 4 is 17.4 Å². The van der Waals surface area contributed by atoms with Gasteiger partial charge in [0.2, 0.25) is 9.04 Å². The van der Waals surface area contributed by atoms with Gasteiger partial charge >= 0.3 is 0 Å². The molecule has 2 aliphatic heterocycles. The molecular weight excluding hydrogens is 292 g/mol. The summed E-state index contributed by atoms with van der Waals surface area (Å²) in [6.45, 7) is 13.7. The topological polar surface area (TPSA) is 52.8 Å². The number of hydrogen-bond acceptors (Lipinski definition) is 5. The molecule has 0 aromatic heterocycles. The zero-order valence-corrected chi connectivity index (χ0v) is 15.5. The Morgan fingerprint density at radius 2 is 1.55 bits per heavy atom. The van der Waals surface area contributed by atoms with Crippen LogP contribution in [0.4, 0.5) is 0 Å². The standard InChI is InChI=1S/C13H28O5Si2/c1-6-13(16-9-11-7-14-11,17-10-12-8-15-12)19(2)18-20(3,4)5/h11-12,19H,6-10H2,1-5H3. The van der Waals surface area contributed by atoms with Crippen LogP contribution in [-0.2, 0) is 23.1 Å². The Hall–Kier alpha value is 0.234. The van der Waals surface area contributed by atoms with Gasteiger partial charge in [0.25, 0.3) is 0 Å². The van der Waals surface area contributed by atoms with E-state index >= 15 is 0 Å². The summed E-state index contributed by atoms with van der Waals surface area (Å²) in [5.41, 5.74) is -0.557. The Balaban J connectivity index is 1.96. The van der Waals surface area contributed by atoms with Crippen molar-refractivity contribution in [2.24, 2.45) is 0 Å². The highest BCUT2D eigenvalue weighted by molar-refractivity contribution is 6.77. The largest absolute Gasteiger partial charge is 0.454 e. The van der Waals surface area contributed by atoms with E-state index in [-0.39, 0.29) is 12.2 Å². The first-order valence-electron chi connectivity index (χ1n) is 7.53. The van der Waals surface area contributed by atoms with Gasteiger partial charge in [0.15, 0.2) is 13.7 Å². The molecule has 2 aliphatic rings. The van der Waals surface area contributed by atoms with E-state index in [1.807, 2.05) is 0 Å². The van der Waals surface area contributed by atoms with Crippen molar-refractivity contribution in [3.05, 3.63) is 0 Å². The van der Waals surface area contributed by atoms with Crippen LogP contribution in [0.25, 0.3) is 0 Å². The third-order valence-electron chi connectivity index (χ3n) is 3.47. The second-order valence-corrected chi connectivity index (χ2v) is 13.9. The third kappa shape index (κ3) is 5.21. The number of ether oxygens (including phenoxy) is 4. The van der Waals surface area contributed by atoms with E-state index in [0.29, 0.717) is 13.2 Å². The summed E-state index contributed by atoms with van der Waals surface area (Å²) in [7, 11) is -3.22. The molecule has 3 unspecified atom stereocenters. The van der Waals surface area contributed by atoms with E-state index in [0.717, 1.165) is 19.6 Å². The molecule has 0 aromatic rings. The van der Waals surface area contributed by atoms with Gasteiger partial charge in [0, 0.05) is 0 Å². The SMILES string of the molecule is CCC(OCC1CO1)(OCC1CO1)[SiH](C)O[Si](C)(C)C. The minimum absolute atomic E-state index is 0.245. The molecule has 0 spiro atoms. The zero-order chi connectivity index (χ0) is 14.8. The highest BCUT2D eigenvalue weighted by Crippen LogP contribution is 2.28. The van der Waals surface area contributed by atoms with Crippen LogP contribution in [-0.4, -0.2) is 61.4 Å². The lowest BCUT2D eigenvalue weighted by atomic mass is 10.4. The third-order valence-corrected chi connectivity index (χ3v) is 9.70. The molecule has 2 rings (SSSR count). The van der Waals surface area contributed by atoms with Crippen molar-refractivity contribution < 1.29 is 23.1 Å². The first kappa shape index (κ1) is 16.6. The van der Waals surface area contributed by atoms with E-state index in [9.17, 15) is 0 Å². The first-order valence-corrected chi connectivity index (χ1v) is 13.1. The Labute approximate surface area is 124 Å². The monoisotopic (exact) mass is 320 g/mol. The average Bonchev–Trinajstić information content (AvgIpc) is 3.23. The lowest BCUT2D eigenvalue weighted by molar-refractivity contribution is -0.194. The summed E-state index contributed by atoms with van der Waals surface area (Å²) in [5, 5.41) is 0. The smallest absolute Gasteiger partial charge is 0.227 e. The molecule has 0 N–H and O–H groups in total. The Morgan fingerprint density at radius 3 is 1.85 bits per heavy atom. The molecule has 5 nitrogen and oxygen atoms in total. The van der Waals surface area contributed by atoms with Crippen LogP contribution in [0.3, 0.4) is 0 Å². The summed E-state index contributed by atoms with van der Waals surface area (Å²) in [4.78, 5) is 0. The van der Waals surface area contributed by atoms with Gasteiger partial charge < -0.3 is 23.1 Å². The molecule has 0 radical (unpaired) electrons. The van der Waals surface area contributed by atoms with Crippen LogP contribution < -0.4 is 0 Å². The molecule has 0 bridgehead atoms. The van der Waals surface area contributed by atoms with Crippen LogP contribution in [0.15, 0.2) is 0 Å². The molecule has 2 saturated heterocycles. The Morgan fingerprint density at radius 1 is 1.10 bits per heavy atom. The molecule has 3 atom stereocenters. The van der Waals surface area contributed by atoms with Gasteiger partial charge in [0.1, 0.15) is 12.2 Å². The van der Waals surface area contributed by atoms with E-state index in [4.69, 9.17) is 23.1 Å². The van der Waals surface area contributed by atoms with Crippen molar-refractivity contribution in [1.29, 1.82) is 0 Å². The van der Waals surface area contributed by atoms with Crippen LogP contribution in [0.5, 0.6) is 0 Å². The minimum Gasteiger partial charge on any atom is -0.454 e. The first-order chi connectivity index (χ1) is 9.35. The maximum Gasteiger partial charge on any atom is 0.227 e. The van der Waals surface area contributed by atoms with E-state index < -0.39 is 22.8 Å². The fraction of sp³-hybridized carbons (Fsp3) is 1.00. The second kappa shape index (κ2) is 6.55.